The van der Waals surface area contributed by atoms with Gasteiger partial charge < -0.3 is 19.9 Å². The minimum atomic E-state index is -2.99. The number of hydrogen-bond donors (Lipinski definition) is 1. The van der Waals surface area contributed by atoms with Crippen LogP contribution in [0.25, 0.3) is 0 Å². The van der Waals surface area contributed by atoms with Crippen LogP contribution in [-0.4, -0.2) is 91.0 Å². The first-order valence-corrected chi connectivity index (χ1v) is 13.0. The number of nitrogens with one attached hydrogen (secondary N) is 1. The van der Waals surface area contributed by atoms with E-state index < -0.39 is 9.84 Å². The molecule has 2 amide bonds. The quantitative estimate of drug-likeness (QED) is 0.721. The SMILES string of the molecule is CCOC(=O)N1CCN(C(=O)c2ccc(C)c(NC3=NC4CS(=O)(=O)CC4S3)c2)CC1. The number of carbonyl (C=O) groups is 2. The molecule has 4 rings (SSSR count). The average Bonchev–Trinajstić information content (AvgIpc) is 3.22. The molecule has 11 heteroatoms. The predicted molar refractivity (Wildman–Crippen MR) is 121 cm³/mol. The van der Waals surface area contributed by atoms with Crippen LogP contribution in [0.1, 0.15) is 22.8 Å². The second-order valence-electron chi connectivity index (χ2n) is 7.87. The van der Waals surface area contributed by atoms with Gasteiger partial charge in [-0.25, -0.2) is 13.2 Å². The maximum atomic E-state index is 13.0. The fourth-order valence-electron chi connectivity index (χ4n) is 3.91. The third kappa shape index (κ3) is 4.82. The lowest BCUT2D eigenvalue weighted by molar-refractivity contribution is 0.0570. The van der Waals surface area contributed by atoms with Gasteiger partial charge in [-0.15, -0.1) is 0 Å². The molecule has 2 atom stereocenters. The van der Waals surface area contributed by atoms with Crippen LogP contribution in [0.3, 0.4) is 0 Å². The second kappa shape index (κ2) is 8.70. The zero-order chi connectivity index (χ0) is 22.2. The molecular weight excluding hydrogens is 440 g/mol. The number of thioether (sulfide) groups is 1. The number of amidine groups is 1. The Morgan fingerprint density at radius 1 is 1.19 bits per heavy atom. The Balaban J connectivity index is 1.40. The molecule has 3 aliphatic rings. The summed E-state index contributed by atoms with van der Waals surface area (Å²) in [5, 5.41) is 3.94. The van der Waals surface area contributed by atoms with E-state index in [4.69, 9.17) is 4.74 Å². The summed E-state index contributed by atoms with van der Waals surface area (Å²) < 4.78 is 28.5. The standard InChI is InChI=1S/C20H26N4O5S2/c1-3-29-20(26)24-8-6-23(7-9-24)18(25)14-5-4-13(2)15(10-14)21-19-22-16-11-31(27,28)12-17(16)30-19/h4-5,10,16-17H,3,6-9,11-12H2,1-2H3,(H,21,22). The summed E-state index contributed by atoms with van der Waals surface area (Å²) in [4.78, 5) is 32.7. The fraction of sp³-hybridized carbons (Fsp3) is 0.550. The minimum Gasteiger partial charge on any atom is -0.450 e. The van der Waals surface area contributed by atoms with Crippen LogP contribution >= 0.6 is 11.8 Å². The molecule has 9 nitrogen and oxygen atoms in total. The average molecular weight is 467 g/mol. The van der Waals surface area contributed by atoms with Crippen molar-refractivity contribution in [2.45, 2.75) is 25.1 Å². The van der Waals surface area contributed by atoms with Gasteiger partial charge in [0, 0.05) is 42.7 Å². The van der Waals surface area contributed by atoms with Gasteiger partial charge in [0.1, 0.15) is 0 Å². The Morgan fingerprint density at radius 2 is 1.90 bits per heavy atom. The Kier molecular flexibility index (Phi) is 6.16. The van der Waals surface area contributed by atoms with Crippen LogP contribution in [-0.2, 0) is 14.6 Å². The Morgan fingerprint density at radius 3 is 2.58 bits per heavy atom. The molecule has 1 aromatic rings. The summed E-state index contributed by atoms with van der Waals surface area (Å²) in [5.41, 5.74) is 2.31. The molecule has 0 spiro atoms. The molecule has 2 unspecified atom stereocenters. The van der Waals surface area contributed by atoms with Crippen LogP contribution in [0.2, 0.25) is 0 Å². The normalized spacial score (nSPS) is 24.5. The van der Waals surface area contributed by atoms with Crippen molar-refractivity contribution in [3.05, 3.63) is 29.3 Å². The first-order valence-electron chi connectivity index (χ1n) is 10.3. The summed E-state index contributed by atoms with van der Waals surface area (Å²) in [6.07, 6.45) is -0.344. The first-order chi connectivity index (χ1) is 14.8. The number of fused-ring (bicyclic) bond motifs is 1. The topological polar surface area (TPSA) is 108 Å². The number of amides is 2. The molecule has 2 saturated heterocycles. The minimum absolute atomic E-state index is 0.0340. The highest BCUT2D eigenvalue weighted by Crippen LogP contribution is 2.35. The molecule has 3 heterocycles. The van der Waals surface area contributed by atoms with E-state index in [0.717, 1.165) is 11.3 Å². The van der Waals surface area contributed by atoms with Crippen LogP contribution in [0.5, 0.6) is 0 Å². The van der Waals surface area contributed by atoms with Crippen LogP contribution < -0.4 is 5.32 Å². The fourth-order valence-corrected chi connectivity index (χ4v) is 7.58. The number of sulfone groups is 1. The Labute approximate surface area is 186 Å². The van der Waals surface area contributed by atoms with Crippen LogP contribution in [0.4, 0.5) is 10.5 Å². The van der Waals surface area contributed by atoms with E-state index >= 15 is 0 Å². The number of carbonyl (C=O) groups excluding carboxylic acids is 2. The van der Waals surface area contributed by atoms with Crippen molar-refractivity contribution in [1.29, 1.82) is 0 Å². The number of nitrogens with zero attached hydrogens (tertiary/aromatic N) is 3. The zero-order valence-electron chi connectivity index (χ0n) is 17.5. The Bertz CT molecular complexity index is 1020. The van der Waals surface area contributed by atoms with Crippen molar-refractivity contribution in [2.24, 2.45) is 4.99 Å². The Hall–Kier alpha value is -2.27. The first kappa shape index (κ1) is 21.9. The van der Waals surface area contributed by atoms with Gasteiger partial charge >= 0.3 is 6.09 Å². The molecule has 3 aliphatic heterocycles. The van der Waals surface area contributed by atoms with Crippen molar-refractivity contribution < 1.29 is 22.7 Å². The van der Waals surface area contributed by atoms with Crippen molar-refractivity contribution in [3.63, 3.8) is 0 Å². The summed E-state index contributed by atoms with van der Waals surface area (Å²) in [6, 6.07) is 5.29. The van der Waals surface area contributed by atoms with Gasteiger partial charge in [-0.1, -0.05) is 17.8 Å². The maximum Gasteiger partial charge on any atom is 0.409 e. The van der Waals surface area contributed by atoms with Gasteiger partial charge in [0.05, 0.1) is 24.2 Å². The summed E-state index contributed by atoms with van der Waals surface area (Å²) in [7, 11) is -2.99. The third-order valence-electron chi connectivity index (χ3n) is 5.64. The monoisotopic (exact) mass is 466 g/mol. The van der Waals surface area contributed by atoms with E-state index in [2.05, 4.69) is 10.3 Å². The lowest BCUT2D eigenvalue weighted by Crippen LogP contribution is -2.50. The van der Waals surface area contributed by atoms with Gasteiger partial charge in [0.2, 0.25) is 0 Å². The number of benzene rings is 1. The number of hydrogen-bond acceptors (Lipinski definition) is 8. The van der Waals surface area contributed by atoms with E-state index in [1.165, 1.54) is 11.8 Å². The van der Waals surface area contributed by atoms with E-state index in [1.807, 2.05) is 19.1 Å². The molecule has 0 saturated carbocycles. The van der Waals surface area contributed by atoms with Crippen molar-refractivity contribution in [1.82, 2.24) is 9.80 Å². The van der Waals surface area contributed by atoms with E-state index in [-0.39, 0.29) is 34.8 Å². The molecule has 1 aromatic carbocycles. The molecule has 0 aliphatic carbocycles. The molecule has 2 fully saturated rings. The largest absolute Gasteiger partial charge is 0.450 e. The second-order valence-corrected chi connectivity index (χ2v) is 11.2. The number of aliphatic imine (C=N–C) groups is 1. The zero-order valence-corrected chi connectivity index (χ0v) is 19.2. The van der Waals surface area contributed by atoms with Crippen molar-refractivity contribution >= 4 is 44.5 Å². The van der Waals surface area contributed by atoms with Crippen LogP contribution in [0.15, 0.2) is 23.2 Å². The van der Waals surface area contributed by atoms with E-state index in [9.17, 15) is 18.0 Å². The molecule has 31 heavy (non-hydrogen) atoms. The van der Waals surface area contributed by atoms with Gasteiger partial charge in [-0.3, -0.25) is 9.79 Å². The highest BCUT2D eigenvalue weighted by atomic mass is 32.2. The highest BCUT2D eigenvalue weighted by molar-refractivity contribution is 8.15. The van der Waals surface area contributed by atoms with Gasteiger partial charge in [-0.2, -0.15) is 0 Å². The third-order valence-corrected chi connectivity index (χ3v) is 8.78. The number of aryl methyl sites for hydroxylation is 1. The number of piperazine rings is 1. The number of rotatable bonds is 3. The van der Waals surface area contributed by atoms with E-state index in [1.54, 1.807) is 22.8 Å². The van der Waals surface area contributed by atoms with Crippen molar-refractivity contribution in [2.75, 3.05) is 49.6 Å². The highest BCUT2D eigenvalue weighted by Gasteiger charge is 2.42. The number of anilines is 1. The predicted octanol–water partition coefficient (Wildman–Crippen LogP) is 1.59. The molecule has 0 aromatic heterocycles. The molecule has 168 valence electrons. The summed E-state index contributed by atoms with van der Waals surface area (Å²) in [6.45, 7) is 5.84. The molecule has 1 N–H and O–H groups in total. The molecule has 0 radical (unpaired) electrons. The summed E-state index contributed by atoms with van der Waals surface area (Å²) >= 11 is 1.45. The lowest BCUT2D eigenvalue weighted by Gasteiger charge is -2.34. The lowest BCUT2D eigenvalue weighted by atomic mass is 10.1. The molecular formula is C20H26N4O5S2. The van der Waals surface area contributed by atoms with Crippen LogP contribution in [0, 0.1) is 6.92 Å². The molecule has 0 bridgehead atoms. The number of ether oxygens (including phenoxy) is 1. The van der Waals surface area contributed by atoms with Gasteiger partial charge in [0.25, 0.3) is 5.91 Å². The summed E-state index contributed by atoms with van der Waals surface area (Å²) in [5.74, 6) is 0.174. The van der Waals surface area contributed by atoms with Gasteiger partial charge in [0.15, 0.2) is 15.0 Å². The smallest absolute Gasteiger partial charge is 0.409 e. The maximum absolute atomic E-state index is 13.0. The van der Waals surface area contributed by atoms with E-state index in [0.29, 0.717) is 43.5 Å². The van der Waals surface area contributed by atoms with Crippen molar-refractivity contribution in [3.8, 4) is 0 Å². The van der Waals surface area contributed by atoms with Gasteiger partial charge in [-0.05, 0) is 31.5 Å².